The third-order valence-corrected chi connectivity index (χ3v) is 5.44. The summed E-state index contributed by atoms with van der Waals surface area (Å²) in [5.74, 6) is -0.516. The van der Waals surface area contributed by atoms with Gasteiger partial charge in [-0.15, -0.1) is 0 Å². The van der Waals surface area contributed by atoms with E-state index >= 15 is 0 Å². The number of carbonyl (C=O) groups excluding carboxylic acids is 1. The van der Waals surface area contributed by atoms with Gasteiger partial charge in [-0.2, -0.15) is 0 Å². The third-order valence-electron chi connectivity index (χ3n) is 3.54. The third kappa shape index (κ3) is 4.24. The van der Waals surface area contributed by atoms with Crippen molar-refractivity contribution in [2.75, 3.05) is 12.4 Å². The van der Waals surface area contributed by atoms with Crippen molar-refractivity contribution < 1.29 is 17.9 Å². The molecular weight excluding hydrogens is 340 g/mol. The van der Waals surface area contributed by atoms with Crippen LogP contribution in [0.25, 0.3) is 0 Å². The molecule has 6 nitrogen and oxygen atoms in total. The number of rotatable bonds is 5. The van der Waals surface area contributed by atoms with Crippen LogP contribution in [-0.2, 0) is 19.4 Å². The van der Waals surface area contributed by atoms with Gasteiger partial charge in [0.2, 0.25) is 9.84 Å². The van der Waals surface area contributed by atoms with Crippen LogP contribution in [0.1, 0.15) is 16.8 Å². The van der Waals surface area contributed by atoms with E-state index in [-0.39, 0.29) is 4.90 Å². The molecule has 132 valence electrons. The summed E-state index contributed by atoms with van der Waals surface area (Å²) in [6, 6.07) is 10.2. The number of carbonyl (C=O) groups is 1. The smallest absolute Gasteiger partial charge is 0.351 e. The molecule has 7 heteroatoms. The number of benzene rings is 1. The lowest BCUT2D eigenvalue weighted by molar-refractivity contribution is -0.135. The van der Waals surface area contributed by atoms with Crippen LogP contribution in [0.15, 0.2) is 52.4 Å². The SMILES string of the molecule is COC(=O)C(=CNc1cccc(C)n1)S(=O)(=O)c1ccc(C)cc1C. The fraction of sp³-hybridized carbons (Fsp3) is 0.222. The molecule has 0 radical (unpaired) electrons. The summed E-state index contributed by atoms with van der Waals surface area (Å²) in [7, 11) is -2.91. The molecule has 0 aliphatic heterocycles. The minimum atomic E-state index is -4.04. The molecule has 1 heterocycles. The number of nitrogens with zero attached hydrogens (tertiary/aromatic N) is 1. The zero-order valence-electron chi connectivity index (χ0n) is 14.5. The summed E-state index contributed by atoms with van der Waals surface area (Å²) in [5, 5.41) is 2.75. The fourth-order valence-corrected chi connectivity index (χ4v) is 3.81. The van der Waals surface area contributed by atoms with Crippen molar-refractivity contribution in [2.24, 2.45) is 0 Å². The molecule has 1 aromatic heterocycles. The van der Waals surface area contributed by atoms with Crippen LogP contribution >= 0.6 is 0 Å². The quantitative estimate of drug-likeness (QED) is 0.652. The van der Waals surface area contributed by atoms with E-state index in [0.717, 1.165) is 24.6 Å². The van der Waals surface area contributed by atoms with Crippen molar-refractivity contribution in [3.8, 4) is 0 Å². The largest absolute Gasteiger partial charge is 0.465 e. The highest BCUT2D eigenvalue weighted by molar-refractivity contribution is 7.96. The number of aryl methyl sites for hydroxylation is 3. The summed E-state index contributed by atoms with van der Waals surface area (Å²) >= 11 is 0. The molecule has 1 N–H and O–H groups in total. The van der Waals surface area contributed by atoms with Crippen LogP contribution in [0.2, 0.25) is 0 Å². The average molecular weight is 360 g/mol. The molecule has 0 spiro atoms. The summed E-state index contributed by atoms with van der Waals surface area (Å²) in [6.07, 6.45) is 1.11. The molecule has 0 aliphatic carbocycles. The van der Waals surface area contributed by atoms with Crippen LogP contribution in [0.4, 0.5) is 5.82 Å². The van der Waals surface area contributed by atoms with Gasteiger partial charge in [0.15, 0.2) is 4.91 Å². The first kappa shape index (κ1) is 18.7. The Morgan fingerprint density at radius 3 is 2.48 bits per heavy atom. The molecule has 0 atom stereocenters. The molecule has 0 saturated heterocycles. The lowest BCUT2D eigenvalue weighted by Gasteiger charge is -2.11. The second-order valence-electron chi connectivity index (χ2n) is 5.58. The van der Waals surface area contributed by atoms with Gasteiger partial charge in [0.05, 0.1) is 12.0 Å². The molecule has 2 rings (SSSR count). The summed E-state index contributed by atoms with van der Waals surface area (Å²) in [4.78, 5) is 15.9. The van der Waals surface area contributed by atoms with E-state index < -0.39 is 20.7 Å². The van der Waals surface area contributed by atoms with Gasteiger partial charge in [0.1, 0.15) is 5.82 Å². The Labute approximate surface area is 147 Å². The van der Waals surface area contributed by atoms with Gasteiger partial charge < -0.3 is 10.1 Å². The van der Waals surface area contributed by atoms with E-state index in [0.29, 0.717) is 11.4 Å². The Hall–Kier alpha value is -2.67. The van der Waals surface area contributed by atoms with Gasteiger partial charge in [-0.3, -0.25) is 0 Å². The monoisotopic (exact) mass is 360 g/mol. The number of anilines is 1. The van der Waals surface area contributed by atoms with Crippen molar-refractivity contribution in [3.63, 3.8) is 0 Å². The molecule has 0 amide bonds. The van der Waals surface area contributed by atoms with Crippen molar-refractivity contribution in [2.45, 2.75) is 25.7 Å². The van der Waals surface area contributed by atoms with Gasteiger partial charge in [-0.25, -0.2) is 18.2 Å². The Kier molecular flexibility index (Phi) is 5.58. The van der Waals surface area contributed by atoms with Crippen molar-refractivity contribution in [1.82, 2.24) is 4.98 Å². The number of methoxy groups -OCH3 is 1. The minimum absolute atomic E-state index is 0.0637. The van der Waals surface area contributed by atoms with Gasteiger partial charge in [0.25, 0.3) is 0 Å². The van der Waals surface area contributed by atoms with E-state index in [9.17, 15) is 13.2 Å². The maximum absolute atomic E-state index is 12.9. The molecule has 1 aromatic carbocycles. The van der Waals surface area contributed by atoms with Crippen LogP contribution in [-0.4, -0.2) is 26.5 Å². The molecular formula is C18H20N2O4S. The van der Waals surface area contributed by atoms with Crippen molar-refractivity contribution >= 4 is 21.6 Å². The number of aromatic nitrogens is 1. The standard InChI is InChI=1S/C18H20N2O4S/c1-12-8-9-15(13(2)10-12)25(22,23)16(18(21)24-4)11-19-17-7-5-6-14(3)20-17/h5-11H,1-4H3,(H,19,20). The van der Waals surface area contributed by atoms with Gasteiger partial charge >= 0.3 is 5.97 Å². The first-order valence-electron chi connectivity index (χ1n) is 7.56. The van der Waals surface area contributed by atoms with Crippen LogP contribution < -0.4 is 5.32 Å². The van der Waals surface area contributed by atoms with Crippen molar-refractivity contribution in [3.05, 3.63) is 64.3 Å². The van der Waals surface area contributed by atoms with Gasteiger partial charge in [-0.1, -0.05) is 23.8 Å². The second-order valence-corrected chi connectivity index (χ2v) is 7.47. The predicted octanol–water partition coefficient (Wildman–Crippen LogP) is 2.91. The average Bonchev–Trinajstić information content (AvgIpc) is 2.54. The molecule has 2 aromatic rings. The number of pyridine rings is 1. The topological polar surface area (TPSA) is 85.4 Å². The van der Waals surface area contributed by atoms with E-state index in [1.165, 1.54) is 6.07 Å². The van der Waals surface area contributed by atoms with Crippen LogP contribution in [0.5, 0.6) is 0 Å². The maximum atomic E-state index is 12.9. The number of hydrogen-bond acceptors (Lipinski definition) is 6. The second kappa shape index (κ2) is 7.48. The summed E-state index contributed by atoms with van der Waals surface area (Å²) in [6.45, 7) is 5.36. The Balaban J connectivity index is 2.49. The maximum Gasteiger partial charge on any atom is 0.351 e. The Morgan fingerprint density at radius 2 is 1.88 bits per heavy atom. The normalized spacial score (nSPS) is 11.9. The van der Waals surface area contributed by atoms with E-state index in [2.05, 4.69) is 15.0 Å². The zero-order chi connectivity index (χ0) is 18.6. The zero-order valence-corrected chi connectivity index (χ0v) is 15.3. The molecule has 25 heavy (non-hydrogen) atoms. The van der Waals surface area contributed by atoms with Crippen LogP contribution in [0, 0.1) is 20.8 Å². The molecule has 0 aliphatic rings. The minimum Gasteiger partial charge on any atom is -0.465 e. The lowest BCUT2D eigenvalue weighted by atomic mass is 10.2. The van der Waals surface area contributed by atoms with E-state index in [1.807, 2.05) is 19.9 Å². The Morgan fingerprint density at radius 1 is 1.16 bits per heavy atom. The molecule has 0 saturated carbocycles. The van der Waals surface area contributed by atoms with Crippen molar-refractivity contribution in [1.29, 1.82) is 0 Å². The van der Waals surface area contributed by atoms with E-state index in [1.54, 1.807) is 31.2 Å². The van der Waals surface area contributed by atoms with Gasteiger partial charge in [-0.05, 0) is 44.5 Å². The highest BCUT2D eigenvalue weighted by atomic mass is 32.2. The van der Waals surface area contributed by atoms with Crippen LogP contribution in [0.3, 0.4) is 0 Å². The van der Waals surface area contributed by atoms with Gasteiger partial charge in [0, 0.05) is 11.9 Å². The van der Waals surface area contributed by atoms with E-state index in [4.69, 9.17) is 0 Å². The first-order chi connectivity index (χ1) is 11.8. The fourth-order valence-electron chi connectivity index (χ4n) is 2.33. The lowest BCUT2D eigenvalue weighted by Crippen LogP contribution is -2.18. The first-order valence-corrected chi connectivity index (χ1v) is 9.05. The highest BCUT2D eigenvalue weighted by Crippen LogP contribution is 2.24. The number of ether oxygens (including phenoxy) is 1. The highest BCUT2D eigenvalue weighted by Gasteiger charge is 2.29. The number of sulfone groups is 1. The summed E-state index contributed by atoms with van der Waals surface area (Å²) in [5.41, 5.74) is 2.25. The summed E-state index contributed by atoms with van der Waals surface area (Å²) < 4.78 is 30.5. The number of nitrogens with one attached hydrogen (secondary N) is 1. The number of hydrogen-bond donors (Lipinski definition) is 1. The predicted molar refractivity (Wildman–Crippen MR) is 95.8 cm³/mol. The molecule has 0 fully saturated rings. The Bertz CT molecular complexity index is 934. The molecule has 0 bridgehead atoms. The molecule has 0 unspecified atom stereocenters. The number of esters is 1.